The summed E-state index contributed by atoms with van der Waals surface area (Å²) >= 11 is 0. The topological polar surface area (TPSA) is 48.7 Å². The van der Waals surface area contributed by atoms with Crippen molar-refractivity contribution in [2.24, 2.45) is 17.5 Å². The zero-order valence-electron chi connectivity index (χ0n) is 14.8. The van der Waals surface area contributed by atoms with E-state index in [2.05, 4.69) is 59.3 Å². The summed E-state index contributed by atoms with van der Waals surface area (Å²) in [4.78, 5) is 9.03. The summed E-state index contributed by atoms with van der Waals surface area (Å²) in [6.45, 7) is 7.60. The average Bonchev–Trinajstić information content (AvgIpc) is 3.00. The van der Waals surface area contributed by atoms with Gasteiger partial charge in [0.25, 0.3) is 0 Å². The lowest BCUT2D eigenvalue weighted by Gasteiger charge is -2.28. The first-order valence-corrected chi connectivity index (χ1v) is 7.93. The van der Waals surface area contributed by atoms with Crippen LogP contribution in [-0.4, -0.2) is 66.3 Å². The Bertz CT molecular complexity index is 516. The molecule has 1 aromatic rings. The van der Waals surface area contributed by atoms with Crippen molar-refractivity contribution in [1.82, 2.24) is 24.9 Å². The molecule has 2 rings (SSSR count). The number of guanidine groups is 1. The first kappa shape index (κ1) is 16.8. The van der Waals surface area contributed by atoms with Gasteiger partial charge in [-0.15, -0.1) is 0 Å². The number of nitrogens with one attached hydrogen (secondary N) is 1. The van der Waals surface area contributed by atoms with Crippen LogP contribution in [0.25, 0.3) is 0 Å². The lowest BCUT2D eigenvalue weighted by atomic mass is 9.93. The third kappa shape index (κ3) is 4.00. The highest BCUT2D eigenvalue weighted by Gasteiger charge is 2.31. The van der Waals surface area contributed by atoms with Crippen molar-refractivity contribution in [3.8, 4) is 0 Å². The van der Waals surface area contributed by atoms with Crippen LogP contribution < -0.4 is 5.32 Å². The van der Waals surface area contributed by atoms with Crippen LogP contribution in [0.1, 0.15) is 31.9 Å². The van der Waals surface area contributed by atoms with E-state index in [-0.39, 0.29) is 6.04 Å². The van der Waals surface area contributed by atoms with Gasteiger partial charge >= 0.3 is 0 Å². The number of rotatable bonds is 4. The minimum Gasteiger partial charge on any atom is -0.354 e. The van der Waals surface area contributed by atoms with E-state index in [1.807, 2.05) is 25.0 Å². The molecule has 0 bridgehead atoms. The van der Waals surface area contributed by atoms with Crippen LogP contribution in [0.4, 0.5) is 0 Å². The van der Waals surface area contributed by atoms with E-state index in [1.54, 1.807) is 0 Å². The van der Waals surface area contributed by atoms with Crippen molar-refractivity contribution in [3.63, 3.8) is 0 Å². The molecule has 0 amide bonds. The van der Waals surface area contributed by atoms with Crippen LogP contribution >= 0.6 is 0 Å². The Morgan fingerprint density at radius 1 is 1.50 bits per heavy atom. The molecule has 6 nitrogen and oxygen atoms in total. The van der Waals surface area contributed by atoms with Gasteiger partial charge in [0, 0.05) is 45.5 Å². The number of aromatic nitrogens is 2. The van der Waals surface area contributed by atoms with Crippen molar-refractivity contribution in [2.75, 3.05) is 40.8 Å². The molecule has 0 aliphatic carbocycles. The molecule has 2 heterocycles. The van der Waals surface area contributed by atoms with Gasteiger partial charge in [0.1, 0.15) is 0 Å². The van der Waals surface area contributed by atoms with Crippen LogP contribution in [0.3, 0.4) is 0 Å². The predicted octanol–water partition coefficient (Wildman–Crippen LogP) is 1.33. The van der Waals surface area contributed by atoms with Crippen LogP contribution in [0.15, 0.2) is 17.4 Å². The van der Waals surface area contributed by atoms with Crippen molar-refractivity contribution in [3.05, 3.63) is 18.0 Å². The third-order valence-electron chi connectivity index (χ3n) is 4.38. The summed E-state index contributed by atoms with van der Waals surface area (Å²) in [7, 11) is 8.01. The van der Waals surface area contributed by atoms with Gasteiger partial charge in [-0.2, -0.15) is 5.10 Å². The molecule has 0 radical (unpaired) electrons. The molecule has 1 aromatic heterocycles. The first-order chi connectivity index (χ1) is 10.3. The molecule has 6 heteroatoms. The SMILES string of the molecule is CN=C(NCC(c1cnn(C)c1)N(C)C)N1CCC(C)(C)C1. The molecule has 1 aliphatic heterocycles. The normalized spacial score (nSPS) is 19.8. The number of nitrogens with zero attached hydrogens (tertiary/aromatic N) is 5. The number of aliphatic imine (C=N–C) groups is 1. The highest BCUT2D eigenvalue weighted by molar-refractivity contribution is 5.80. The molecular formula is C16H30N6. The summed E-state index contributed by atoms with van der Waals surface area (Å²) in [5.41, 5.74) is 1.60. The highest BCUT2D eigenvalue weighted by Crippen LogP contribution is 2.28. The molecule has 1 fully saturated rings. The Balaban J connectivity index is 1.99. The van der Waals surface area contributed by atoms with E-state index < -0.39 is 0 Å². The number of likely N-dealkylation sites (tertiary alicyclic amines) is 1. The van der Waals surface area contributed by atoms with E-state index in [0.717, 1.165) is 25.6 Å². The second-order valence-electron chi connectivity index (χ2n) is 7.19. The Labute approximate surface area is 134 Å². The number of hydrogen-bond acceptors (Lipinski definition) is 3. The van der Waals surface area contributed by atoms with Crippen molar-refractivity contribution >= 4 is 5.96 Å². The largest absolute Gasteiger partial charge is 0.354 e. The summed E-state index contributed by atoms with van der Waals surface area (Å²) < 4.78 is 1.85. The van der Waals surface area contributed by atoms with Gasteiger partial charge < -0.3 is 15.1 Å². The molecule has 1 unspecified atom stereocenters. The lowest BCUT2D eigenvalue weighted by molar-refractivity contribution is 0.294. The minimum absolute atomic E-state index is 0.279. The number of aryl methyl sites for hydroxylation is 1. The lowest BCUT2D eigenvalue weighted by Crippen LogP contribution is -2.43. The third-order valence-corrected chi connectivity index (χ3v) is 4.38. The summed E-state index contributed by atoms with van der Waals surface area (Å²) in [6.07, 6.45) is 5.23. The second-order valence-corrected chi connectivity index (χ2v) is 7.19. The van der Waals surface area contributed by atoms with Gasteiger partial charge in [0.2, 0.25) is 0 Å². The number of likely N-dealkylation sites (N-methyl/N-ethyl adjacent to an activating group) is 1. The van der Waals surface area contributed by atoms with Gasteiger partial charge in [0.15, 0.2) is 5.96 Å². The maximum atomic E-state index is 4.46. The van der Waals surface area contributed by atoms with Crippen LogP contribution in [-0.2, 0) is 7.05 Å². The standard InChI is InChI=1S/C16H30N6/c1-16(2)7-8-22(12-16)15(17-3)18-10-14(20(4)5)13-9-19-21(6)11-13/h9,11,14H,7-8,10,12H2,1-6H3,(H,17,18). The minimum atomic E-state index is 0.279. The molecule has 124 valence electrons. The summed E-state index contributed by atoms with van der Waals surface area (Å²) in [5, 5.41) is 7.82. The molecule has 22 heavy (non-hydrogen) atoms. The predicted molar refractivity (Wildman–Crippen MR) is 91.0 cm³/mol. The summed E-state index contributed by atoms with van der Waals surface area (Å²) in [6, 6.07) is 0.279. The molecular weight excluding hydrogens is 276 g/mol. The van der Waals surface area contributed by atoms with E-state index >= 15 is 0 Å². The average molecular weight is 306 g/mol. The zero-order valence-corrected chi connectivity index (χ0v) is 14.8. The fraction of sp³-hybridized carbons (Fsp3) is 0.750. The van der Waals surface area contributed by atoms with Crippen molar-refractivity contribution in [2.45, 2.75) is 26.3 Å². The zero-order chi connectivity index (χ0) is 16.3. The second kappa shape index (κ2) is 6.69. The van der Waals surface area contributed by atoms with Gasteiger partial charge in [0.05, 0.1) is 12.2 Å². The van der Waals surface area contributed by atoms with Gasteiger partial charge in [-0.1, -0.05) is 13.8 Å². The molecule has 0 spiro atoms. The maximum Gasteiger partial charge on any atom is 0.193 e. The fourth-order valence-electron chi connectivity index (χ4n) is 3.02. The monoisotopic (exact) mass is 306 g/mol. The van der Waals surface area contributed by atoms with Crippen LogP contribution in [0, 0.1) is 5.41 Å². The highest BCUT2D eigenvalue weighted by atomic mass is 15.3. The maximum absolute atomic E-state index is 4.46. The van der Waals surface area contributed by atoms with Crippen molar-refractivity contribution < 1.29 is 0 Å². The van der Waals surface area contributed by atoms with E-state index in [4.69, 9.17) is 0 Å². The molecule has 1 aliphatic rings. The van der Waals surface area contributed by atoms with Gasteiger partial charge in [-0.05, 0) is 25.9 Å². The molecule has 1 atom stereocenters. The first-order valence-electron chi connectivity index (χ1n) is 7.93. The molecule has 0 aromatic carbocycles. The Morgan fingerprint density at radius 2 is 2.23 bits per heavy atom. The van der Waals surface area contributed by atoms with Crippen LogP contribution in [0.2, 0.25) is 0 Å². The fourth-order valence-corrected chi connectivity index (χ4v) is 3.02. The van der Waals surface area contributed by atoms with Crippen molar-refractivity contribution in [1.29, 1.82) is 0 Å². The quantitative estimate of drug-likeness (QED) is 0.673. The van der Waals surface area contributed by atoms with Gasteiger partial charge in [-0.25, -0.2) is 0 Å². The number of hydrogen-bond donors (Lipinski definition) is 1. The van der Waals surface area contributed by atoms with E-state index in [0.29, 0.717) is 5.41 Å². The molecule has 1 N–H and O–H groups in total. The van der Waals surface area contributed by atoms with E-state index in [9.17, 15) is 0 Å². The van der Waals surface area contributed by atoms with Gasteiger partial charge in [-0.3, -0.25) is 9.67 Å². The Hall–Kier alpha value is -1.56. The van der Waals surface area contributed by atoms with Crippen LogP contribution in [0.5, 0.6) is 0 Å². The smallest absolute Gasteiger partial charge is 0.193 e. The molecule has 0 saturated carbocycles. The Morgan fingerprint density at radius 3 is 2.68 bits per heavy atom. The Kier molecular flexibility index (Phi) is 5.11. The van der Waals surface area contributed by atoms with E-state index in [1.165, 1.54) is 12.0 Å². The molecule has 1 saturated heterocycles. The summed E-state index contributed by atoms with van der Waals surface area (Å²) in [5.74, 6) is 1.00.